The maximum atomic E-state index is 9.62. The lowest BCUT2D eigenvalue weighted by Gasteiger charge is -2.09. The molecule has 0 bridgehead atoms. The van der Waals surface area contributed by atoms with Gasteiger partial charge >= 0.3 is 0 Å². The van der Waals surface area contributed by atoms with Crippen molar-refractivity contribution in [3.8, 4) is 56.7 Å². The monoisotopic (exact) mass is 616 g/mol. The van der Waals surface area contributed by atoms with Crippen molar-refractivity contribution in [1.29, 1.82) is 0 Å². The topological polar surface area (TPSA) is 77.8 Å². The molecule has 9 rings (SSSR count). The number of nitrogens with zero attached hydrogens (tertiary/aromatic N) is 4. The lowest BCUT2D eigenvalue weighted by Crippen LogP contribution is -2.00. The van der Waals surface area contributed by atoms with Crippen LogP contribution in [0.15, 0.2) is 154 Å². The van der Waals surface area contributed by atoms with E-state index in [1.165, 1.54) is 0 Å². The molecule has 6 nitrogen and oxygen atoms in total. The van der Waals surface area contributed by atoms with Gasteiger partial charge in [-0.3, -0.25) is 0 Å². The summed E-state index contributed by atoms with van der Waals surface area (Å²) >= 11 is 0. The summed E-state index contributed by atoms with van der Waals surface area (Å²) in [5.74, 6) is -2.94. The Morgan fingerprint density at radius 3 is 1.72 bits per heavy atom. The summed E-state index contributed by atoms with van der Waals surface area (Å²) in [6, 6.07) is -19.8. The highest BCUT2D eigenvalue weighted by atomic mass is 16.3. The largest absolute Gasteiger partial charge is 0.456 e. The van der Waals surface area contributed by atoms with Gasteiger partial charge in [0.25, 0.3) is 0 Å². The van der Waals surface area contributed by atoms with Crippen LogP contribution in [0.5, 0.6) is 0 Å². The number of hydrogen-bond donors (Lipinski definition) is 0. The van der Waals surface area contributed by atoms with E-state index in [9.17, 15) is 4.11 Å². The molecule has 0 saturated heterocycles. The predicted octanol–water partition coefficient (Wildman–Crippen LogP) is 10.2. The number of rotatable bonds is 5. The Kier molecular flexibility index (Phi) is 2.66. The van der Waals surface area contributed by atoms with E-state index in [1.807, 2.05) is 0 Å². The van der Waals surface area contributed by atoms with E-state index >= 15 is 0 Å². The Balaban J connectivity index is 1.41. The highest BCUT2D eigenvalue weighted by Crippen LogP contribution is 2.39. The van der Waals surface area contributed by atoms with Crippen LogP contribution in [0.2, 0.25) is 0 Å². The lowest BCUT2D eigenvalue weighted by atomic mass is 10.0. The third kappa shape index (κ3) is 4.52. The van der Waals surface area contributed by atoms with Crippen molar-refractivity contribution >= 4 is 33.0 Å². The number of furan rings is 1. The maximum Gasteiger partial charge on any atom is 0.227 e. The van der Waals surface area contributed by atoms with Gasteiger partial charge in [-0.15, -0.1) is 0 Å². The molecule has 0 N–H and O–H groups in total. The number of aromatic nitrogens is 4. The number of fused-ring (bicyclic) bond motifs is 4. The summed E-state index contributed by atoms with van der Waals surface area (Å²) in [5.41, 5.74) is -6.23. The van der Waals surface area contributed by atoms with E-state index < -0.39 is 235 Å². The standard InChI is InChI=1S/C40H24N4O2/c1-4-11-25(12-5-1)37-42-38(26-13-6-2-7-14-26)44-39(43-37)30-17-10-18-34-36(30)31-23-28(20-22-33(31)45-34)29-19-21-32-35(24-29)46-40(41-32)27-15-8-3-9-16-27/h1-24H/i1D,2D,3D,4D,5D,6D,7D,8D,9D,10D,11D,12D,13D,14D,15D,16D,17D,18D,19D,20D,21D,22D,23D,24D. The fourth-order valence-electron chi connectivity index (χ4n) is 4.53. The molecule has 0 aliphatic rings. The van der Waals surface area contributed by atoms with E-state index in [4.69, 9.17) is 37.6 Å². The Bertz CT molecular complexity index is 3730. The van der Waals surface area contributed by atoms with Crippen LogP contribution in [-0.4, -0.2) is 19.9 Å². The molecule has 3 aromatic heterocycles. The van der Waals surface area contributed by atoms with Gasteiger partial charge in [0.15, 0.2) is 23.1 Å². The molecule has 0 fully saturated rings. The highest BCUT2D eigenvalue weighted by Gasteiger charge is 2.18. The molecule has 0 saturated carbocycles. The van der Waals surface area contributed by atoms with Crippen molar-refractivity contribution < 1.29 is 41.7 Å². The van der Waals surface area contributed by atoms with Gasteiger partial charge in [-0.1, -0.05) is 103 Å². The van der Waals surface area contributed by atoms with Crippen LogP contribution in [0, 0.1) is 0 Å². The minimum Gasteiger partial charge on any atom is -0.456 e. The second-order valence-electron chi connectivity index (χ2n) is 9.26. The van der Waals surface area contributed by atoms with E-state index in [1.54, 1.807) is 0 Å². The minimum atomic E-state index is -0.896. The van der Waals surface area contributed by atoms with E-state index in [2.05, 4.69) is 19.9 Å². The van der Waals surface area contributed by atoms with Gasteiger partial charge in [0.05, 0.1) is 32.9 Å². The average molecular weight is 617 g/mol. The fourth-order valence-corrected chi connectivity index (χ4v) is 4.53. The van der Waals surface area contributed by atoms with Crippen LogP contribution in [0.1, 0.15) is 32.9 Å². The van der Waals surface area contributed by atoms with Crippen LogP contribution < -0.4 is 0 Å². The summed E-state index contributed by atoms with van der Waals surface area (Å²) in [5, 5.41) is -1.03. The molecule has 0 aliphatic carbocycles. The molecule has 0 amide bonds. The molecule has 6 aromatic carbocycles. The normalized spacial score (nSPS) is 18.8. The minimum absolute atomic E-state index is 0.484. The zero-order valence-electron chi connectivity index (χ0n) is 46.6. The number of hydrogen-bond acceptors (Lipinski definition) is 6. The van der Waals surface area contributed by atoms with E-state index in [0.717, 1.165) is 0 Å². The zero-order valence-corrected chi connectivity index (χ0v) is 22.6. The SMILES string of the molecule is [2H]c1c([2H])c([2H])c(-c2nc(-c3c([2H])c([2H])c([2H])c([2H])c3[2H])nc(-c3c([2H])c([2H])c([2H])c4oc5c([2H])c([2H])c(-c6c([2H])c([2H])c7nc(-c8c([2H])c([2H])c([2H])c([2H])c8[2H])oc7c6[2H])c([2H])c5c34)n2)c([2H])c1[2H]. The van der Waals surface area contributed by atoms with Gasteiger partial charge in [0.2, 0.25) is 5.89 Å². The highest BCUT2D eigenvalue weighted by molar-refractivity contribution is 6.12. The van der Waals surface area contributed by atoms with Crippen LogP contribution in [0.4, 0.5) is 0 Å². The van der Waals surface area contributed by atoms with Gasteiger partial charge in [0, 0.05) is 33.0 Å². The Morgan fingerprint density at radius 2 is 1.02 bits per heavy atom. The molecule has 6 heteroatoms. The molecule has 46 heavy (non-hydrogen) atoms. The smallest absolute Gasteiger partial charge is 0.227 e. The van der Waals surface area contributed by atoms with Gasteiger partial charge in [0.1, 0.15) is 16.7 Å². The van der Waals surface area contributed by atoms with Crippen molar-refractivity contribution in [2.75, 3.05) is 0 Å². The summed E-state index contributed by atoms with van der Waals surface area (Å²) < 4.78 is 219. The summed E-state index contributed by atoms with van der Waals surface area (Å²) in [4.78, 5) is 17.0. The molecule has 0 radical (unpaired) electrons. The molecular formula is C40H24N4O2. The molecule has 0 aliphatic heterocycles. The quantitative estimate of drug-likeness (QED) is 0.191. The Morgan fingerprint density at radius 1 is 0.413 bits per heavy atom. The first-order chi connectivity index (χ1) is 32.8. The van der Waals surface area contributed by atoms with Crippen molar-refractivity contribution in [2.45, 2.75) is 0 Å². The molecular weight excluding hydrogens is 568 g/mol. The third-order valence-electron chi connectivity index (χ3n) is 6.51. The van der Waals surface area contributed by atoms with Gasteiger partial charge in [-0.05, 0) is 53.4 Å². The molecule has 3 heterocycles. The first kappa shape index (κ1) is 11.5. The second-order valence-corrected chi connectivity index (χ2v) is 9.26. The molecule has 9 aromatic rings. The predicted molar refractivity (Wildman–Crippen MR) is 182 cm³/mol. The first-order valence-corrected chi connectivity index (χ1v) is 13.1. The summed E-state index contributed by atoms with van der Waals surface area (Å²) in [6.07, 6.45) is 0. The summed E-state index contributed by atoms with van der Waals surface area (Å²) in [6.45, 7) is 0. The van der Waals surface area contributed by atoms with Crippen LogP contribution in [0.25, 0.3) is 89.8 Å². The molecule has 0 atom stereocenters. The van der Waals surface area contributed by atoms with Gasteiger partial charge in [-0.2, -0.15) is 0 Å². The molecule has 0 spiro atoms. The molecule has 0 unspecified atom stereocenters. The summed E-state index contributed by atoms with van der Waals surface area (Å²) in [7, 11) is 0. The average Bonchev–Trinajstić information content (AvgIpc) is 3.96. The van der Waals surface area contributed by atoms with Crippen LogP contribution in [0.3, 0.4) is 0 Å². The van der Waals surface area contributed by atoms with Crippen molar-refractivity contribution in [2.24, 2.45) is 0 Å². The van der Waals surface area contributed by atoms with Gasteiger partial charge in [-0.25, -0.2) is 19.9 Å². The third-order valence-corrected chi connectivity index (χ3v) is 6.51. The molecule has 216 valence electrons. The fraction of sp³-hybridized carbons (Fsp3) is 0. The Labute approximate surface area is 297 Å². The number of oxazole rings is 1. The van der Waals surface area contributed by atoms with E-state index in [0.29, 0.717) is 0 Å². The van der Waals surface area contributed by atoms with Crippen molar-refractivity contribution in [1.82, 2.24) is 19.9 Å². The lowest BCUT2D eigenvalue weighted by molar-refractivity contribution is 0.620. The zero-order chi connectivity index (χ0) is 51.3. The van der Waals surface area contributed by atoms with Crippen molar-refractivity contribution in [3.63, 3.8) is 0 Å². The maximum absolute atomic E-state index is 9.62. The van der Waals surface area contributed by atoms with E-state index in [-0.39, 0.29) is 0 Å². The second kappa shape index (κ2) is 10.6. The van der Waals surface area contributed by atoms with Crippen molar-refractivity contribution in [3.05, 3.63) is 145 Å². The van der Waals surface area contributed by atoms with Gasteiger partial charge < -0.3 is 8.83 Å². The first-order valence-electron chi connectivity index (χ1n) is 25.1. The Hall–Kier alpha value is -6.40. The van der Waals surface area contributed by atoms with Crippen LogP contribution >= 0.6 is 0 Å². The number of benzene rings is 6. The van der Waals surface area contributed by atoms with Crippen LogP contribution in [-0.2, 0) is 0 Å².